The zero-order valence-electron chi connectivity index (χ0n) is 33.2. The van der Waals surface area contributed by atoms with Gasteiger partial charge in [0.1, 0.15) is 0 Å². The number of anilines is 2. The van der Waals surface area contributed by atoms with E-state index in [0.29, 0.717) is 62.2 Å². The van der Waals surface area contributed by atoms with Crippen LogP contribution in [0.2, 0.25) is 5.02 Å². The second kappa shape index (κ2) is 19.9. The molecule has 60 heavy (non-hydrogen) atoms. The fraction of sp³-hybridized carbons (Fsp3) is 0.349. The summed E-state index contributed by atoms with van der Waals surface area (Å²) >= 11 is 7.50. The minimum atomic E-state index is -5.15. The van der Waals surface area contributed by atoms with Gasteiger partial charge < -0.3 is 25.0 Å². The van der Waals surface area contributed by atoms with Gasteiger partial charge in [0.15, 0.2) is 0 Å². The summed E-state index contributed by atoms with van der Waals surface area (Å²) in [4.78, 5) is 31.9. The summed E-state index contributed by atoms with van der Waals surface area (Å²) in [5.41, 5.74) is 1.29. The van der Waals surface area contributed by atoms with Crippen molar-refractivity contribution >= 4 is 62.2 Å². The number of ether oxygens (including phenoxy) is 1. The Morgan fingerprint density at radius 3 is 2.28 bits per heavy atom. The van der Waals surface area contributed by atoms with Crippen molar-refractivity contribution in [2.24, 2.45) is 0 Å². The second-order valence-corrected chi connectivity index (χ2v) is 18.1. The van der Waals surface area contributed by atoms with Crippen LogP contribution in [-0.2, 0) is 20.9 Å². The predicted octanol–water partition coefficient (Wildman–Crippen LogP) is 7.70. The van der Waals surface area contributed by atoms with Crippen LogP contribution in [-0.4, -0.2) is 114 Å². The van der Waals surface area contributed by atoms with Crippen LogP contribution < -0.4 is 14.9 Å². The van der Waals surface area contributed by atoms with E-state index in [1.165, 1.54) is 35.0 Å². The van der Waals surface area contributed by atoms with Crippen LogP contribution >= 0.6 is 23.4 Å². The van der Waals surface area contributed by atoms with Gasteiger partial charge in [-0.15, -0.1) is 11.8 Å². The summed E-state index contributed by atoms with van der Waals surface area (Å²) in [6.07, 6.45) is -3.97. The first-order valence-corrected chi connectivity index (χ1v) is 22.2. The number of benzene rings is 4. The Labute approximate surface area is 357 Å². The maximum Gasteiger partial charge on any atom is 0.418 e. The molecule has 1 atom stereocenters. The van der Waals surface area contributed by atoms with E-state index < -0.39 is 55.8 Å². The van der Waals surface area contributed by atoms with Crippen LogP contribution in [0.1, 0.15) is 44.7 Å². The summed E-state index contributed by atoms with van der Waals surface area (Å²) < 4.78 is 78.6. The minimum Gasteiger partial charge on any atom is -0.478 e. The second-order valence-electron chi connectivity index (χ2n) is 14.9. The van der Waals surface area contributed by atoms with Crippen molar-refractivity contribution in [1.29, 1.82) is 0 Å². The fourth-order valence-electron chi connectivity index (χ4n) is 7.12. The normalized spacial score (nSPS) is 15.9. The average molecular weight is 886 g/mol. The SMILES string of the molecule is CN(C)CC[C@H](CSc1ccccc1)Nc1c(C(=O)O)cc(S(=O)(=O)NC(=O)c2ccc(N3CCN(CC4=C(c5ccc(Cl)cc5)CCOC4)CC3)cc2)cc1C(F)(F)F. The summed E-state index contributed by atoms with van der Waals surface area (Å²) in [5.74, 6) is -2.56. The molecule has 4 aromatic carbocycles. The molecular weight excluding hydrogens is 839 g/mol. The molecule has 3 N–H and O–H groups in total. The van der Waals surface area contributed by atoms with Gasteiger partial charge in [0.05, 0.1) is 34.9 Å². The molecule has 1 fully saturated rings. The van der Waals surface area contributed by atoms with Crippen LogP contribution in [0.25, 0.3) is 5.57 Å². The highest BCUT2D eigenvalue weighted by molar-refractivity contribution is 7.99. The maximum absolute atomic E-state index is 14.7. The van der Waals surface area contributed by atoms with Crippen molar-refractivity contribution in [3.8, 4) is 0 Å². The van der Waals surface area contributed by atoms with E-state index >= 15 is 0 Å². The highest BCUT2D eigenvalue weighted by atomic mass is 35.5. The Morgan fingerprint density at radius 2 is 1.65 bits per heavy atom. The summed E-state index contributed by atoms with van der Waals surface area (Å²) in [6, 6.07) is 23.7. The molecule has 1 saturated heterocycles. The lowest BCUT2D eigenvalue weighted by molar-refractivity contribution is -0.137. The molecule has 0 bridgehead atoms. The molecule has 2 aliphatic heterocycles. The number of halogens is 4. The van der Waals surface area contributed by atoms with Gasteiger partial charge in [0, 0.05) is 65.7 Å². The molecule has 0 aromatic heterocycles. The number of amides is 1. The highest BCUT2D eigenvalue weighted by Gasteiger charge is 2.38. The zero-order chi connectivity index (χ0) is 43.0. The van der Waals surface area contributed by atoms with Gasteiger partial charge in [-0.1, -0.05) is 41.9 Å². The van der Waals surface area contributed by atoms with E-state index in [0.717, 1.165) is 42.2 Å². The first kappa shape index (κ1) is 45.0. The number of aromatic carboxylic acids is 1. The third kappa shape index (κ3) is 11.8. The molecule has 0 saturated carbocycles. The van der Waals surface area contributed by atoms with E-state index in [1.807, 2.05) is 78.3 Å². The minimum absolute atomic E-state index is 0.0487. The molecule has 0 aliphatic carbocycles. The molecule has 1 amide bonds. The summed E-state index contributed by atoms with van der Waals surface area (Å²) in [6.45, 7) is 5.42. The molecule has 0 unspecified atom stereocenters. The number of carboxylic acid groups (broad SMARTS) is 1. The number of hydrogen-bond acceptors (Lipinski definition) is 10. The lowest BCUT2D eigenvalue weighted by Gasteiger charge is -2.37. The van der Waals surface area contributed by atoms with Crippen molar-refractivity contribution in [2.75, 3.05) is 82.5 Å². The number of carboxylic acids is 1. The van der Waals surface area contributed by atoms with Gasteiger partial charge in [-0.2, -0.15) is 13.2 Å². The highest BCUT2D eigenvalue weighted by Crippen LogP contribution is 2.40. The Morgan fingerprint density at radius 1 is 0.967 bits per heavy atom. The van der Waals surface area contributed by atoms with E-state index in [4.69, 9.17) is 16.3 Å². The first-order chi connectivity index (χ1) is 28.6. The van der Waals surface area contributed by atoms with E-state index in [9.17, 15) is 36.3 Å². The topological polar surface area (TPSA) is 132 Å². The number of carbonyl (C=O) groups excluding carboxylic acids is 1. The van der Waals surface area contributed by atoms with Crippen molar-refractivity contribution in [3.63, 3.8) is 0 Å². The predicted molar refractivity (Wildman–Crippen MR) is 230 cm³/mol. The number of rotatable bonds is 16. The lowest BCUT2D eigenvalue weighted by Crippen LogP contribution is -2.47. The molecule has 4 aromatic rings. The smallest absolute Gasteiger partial charge is 0.418 e. The third-order valence-electron chi connectivity index (χ3n) is 10.3. The quantitative estimate of drug-likeness (QED) is 0.0958. The molecule has 2 heterocycles. The Bertz CT molecular complexity index is 2270. The molecule has 0 radical (unpaired) electrons. The van der Waals surface area contributed by atoms with Crippen molar-refractivity contribution in [2.45, 2.75) is 34.9 Å². The lowest BCUT2D eigenvalue weighted by atomic mass is 9.95. The molecule has 11 nitrogen and oxygen atoms in total. The van der Waals surface area contributed by atoms with Gasteiger partial charge >= 0.3 is 12.1 Å². The number of alkyl halides is 3. The molecule has 320 valence electrons. The van der Waals surface area contributed by atoms with E-state index in [2.05, 4.69) is 15.1 Å². The van der Waals surface area contributed by atoms with E-state index in [1.54, 1.807) is 12.1 Å². The molecule has 17 heteroatoms. The van der Waals surface area contributed by atoms with Crippen molar-refractivity contribution in [3.05, 3.63) is 124 Å². The van der Waals surface area contributed by atoms with Gasteiger partial charge in [-0.3, -0.25) is 9.69 Å². The maximum atomic E-state index is 14.7. The molecule has 2 aliphatic rings. The largest absolute Gasteiger partial charge is 0.478 e. The average Bonchev–Trinajstić information content (AvgIpc) is 3.22. The first-order valence-electron chi connectivity index (χ1n) is 19.3. The van der Waals surface area contributed by atoms with Gasteiger partial charge in [-0.05, 0) is 111 Å². The number of sulfonamides is 1. The summed E-state index contributed by atoms with van der Waals surface area (Å²) in [7, 11) is -1.35. The number of carbonyl (C=O) groups is 2. The monoisotopic (exact) mass is 885 g/mol. The van der Waals surface area contributed by atoms with Crippen molar-refractivity contribution in [1.82, 2.24) is 14.5 Å². The van der Waals surface area contributed by atoms with Gasteiger partial charge in [-0.25, -0.2) is 17.9 Å². The number of thioether (sulfide) groups is 1. The fourth-order valence-corrected chi connectivity index (χ4v) is 9.26. The molecular formula is C43H47ClF3N5O6S2. The molecule has 0 spiro atoms. The molecule has 6 rings (SSSR count). The zero-order valence-corrected chi connectivity index (χ0v) is 35.6. The van der Waals surface area contributed by atoms with Gasteiger partial charge in [0.2, 0.25) is 0 Å². The number of hydrogen-bond donors (Lipinski definition) is 3. The van der Waals surface area contributed by atoms with Crippen LogP contribution in [0.4, 0.5) is 24.5 Å². The Balaban J connectivity index is 1.13. The van der Waals surface area contributed by atoms with Crippen LogP contribution in [0.15, 0.2) is 106 Å². The number of nitrogens with one attached hydrogen (secondary N) is 2. The number of nitrogens with zero attached hydrogens (tertiary/aromatic N) is 3. The standard InChI is InChI=1S/C43H47ClF3N5O6S2/c1-50(2)18-16-33(28-59-35-6-4-3-5-7-35)48-40-38(42(54)55)24-36(25-39(40)43(45,46)47)60(56,57)49-41(53)30-10-14-34(15-11-30)52-21-19-51(20-22-52)26-31-27-58-23-17-37(31)29-8-12-32(44)13-9-29/h3-15,24-25,33,48H,16-23,26-28H2,1-2H3,(H,49,53)(H,54,55)/t33-/m1/s1. The van der Waals surface area contributed by atoms with Crippen LogP contribution in [0, 0.1) is 0 Å². The van der Waals surface area contributed by atoms with Crippen LogP contribution in [0.3, 0.4) is 0 Å². The van der Waals surface area contributed by atoms with Crippen molar-refractivity contribution < 1.29 is 41.0 Å². The Kier molecular flexibility index (Phi) is 14.9. The van der Waals surface area contributed by atoms with Gasteiger partial charge in [0.25, 0.3) is 15.9 Å². The summed E-state index contributed by atoms with van der Waals surface area (Å²) in [5, 5.41) is 13.6. The Hall–Kier alpha value is -4.58. The number of piperazine rings is 1. The third-order valence-corrected chi connectivity index (χ3v) is 13.1. The van der Waals surface area contributed by atoms with Crippen LogP contribution in [0.5, 0.6) is 0 Å². The van der Waals surface area contributed by atoms with E-state index in [-0.39, 0.29) is 5.56 Å².